The van der Waals surface area contributed by atoms with Crippen molar-refractivity contribution >= 4 is 16.7 Å². The van der Waals surface area contributed by atoms with Gasteiger partial charge in [-0.3, -0.25) is 19.6 Å². The van der Waals surface area contributed by atoms with Crippen LogP contribution in [0.5, 0.6) is 0 Å². The maximum Gasteiger partial charge on any atom is 0.272 e. The molecule has 1 atom stereocenters. The van der Waals surface area contributed by atoms with Gasteiger partial charge in [0.2, 0.25) is 5.91 Å². The van der Waals surface area contributed by atoms with Crippen LogP contribution in [-0.2, 0) is 35.1 Å². The van der Waals surface area contributed by atoms with E-state index in [-0.39, 0.29) is 29.5 Å². The van der Waals surface area contributed by atoms with E-state index < -0.39 is 5.41 Å². The van der Waals surface area contributed by atoms with Crippen LogP contribution in [0, 0.1) is 0 Å². The quantitative estimate of drug-likeness (QED) is 0.372. The summed E-state index contributed by atoms with van der Waals surface area (Å²) >= 11 is 0. The summed E-state index contributed by atoms with van der Waals surface area (Å²) in [5, 5.41) is 7.92. The Hall–Kier alpha value is -3.91. The maximum atomic E-state index is 14.7. The lowest BCUT2D eigenvalue weighted by atomic mass is 9.87. The molecule has 0 bridgehead atoms. The number of aromatic amines is 1. The van der Waals surface area contributed by atoms with Gasteiger partial charge in [0.1, 0.15) is 0 Å². The molecule has 206 valence electrons. The number of pyridine rings is 2. The fourth-order valence-electron chi connectivity index (χ4n) is 6.05. The number of hydrogen-bond acceptors (Lipinski definition) is 6. The van der Waals surface area contributed by atoms with Crippen molar-refractivity contribution in [3.63, 3.8) is 0 Å². The van der Waals surface area contributed by atoms with Crippen molar-refractivity contribution in [3.05, 3.63) is 99.0 Å². The second kappa shape index (κ2) is 9.93. The number of benzene rings is 1. The Morgan fingerprint density at radius 2 is 1.95 bits per heavy atom. The van der Waals surface area contributed by atoms with Crippen molar-refractivity contribution in [2.24, 2.45) is 5.73 Å². The van der Waals surface area contributed by atoms with Crippen molar-refractivity contribution in [3.8, 4) is 0 Å². The average Bonchev–Trinajstić information content (AvgIpc) is 3.77. The summed E-state index contributed by atoms with van der Waals surface area (Å²) in [6, 6.07) is 13.8. The Kier molecular flexibility index (Phi) is 6.53. The van der Waals surface area contributed by atoms with E-state index in [0.29, 0.717) is 23.0 Å². The number of carbonyl (C=O) groups excluding carboxylic acids is 1. The van der Waals surface area contributed by atoms with Gasteiger partial charge in [-0.1, -0.05) is 39.0 Å². The number of nitrogens with two attached hydrogens (primary N) is 1. The molecule has 1 fully saturated rings. The van der Waals surface area contributed by atoms with Crippen LogP contribution in [0.4, 0.5) is 0 Å². The smallest absolute Gasteiger partial charge is 0.272 e. The number of hydrogen-bond donors (Lipinski definition) is 2. The second-order valence-corrected chi connectivity index (χ2v) is 12.2. The molecule has 2 aliphatic carbocycles. The number of fused-ring (bicyclic) bond motifs is 2. The Morgan fingerprint density at radius 3 is 2.65 bits per heavy atom. The zero-order chi connectivity index (χ0) is 28.1. The van der Waals surface area contributed by atoms with Gasteiger partial charge in [0.05, 0.1) is 40.5 Å². The third-order valence-electron chi connectivity index (χ3n) is 8.60. The molecule has 1 aromatic carbocycles. The third-order valence-corrected chi connectivity index (χ3v) is 8.60. The molecule has 8 nitrogen and oxygen atoms in total. The minimum absolute atomic E-state index is 0.000372. The number of carbonyl (C=O) groups is 1. The number of rotatable bonds is 6. The average molecular weight is 537 g/mol. The number of H-pyrrole nitrogens is 1. The highest BCUT2D eigenvalue weighted by Crippen LogP contribution is 2.52. The Morgan fingerprint density at radius 1 is 1.12 bits per heavy atom. The van der Waals surface area contributed by atoms with Gasteiger partial charge in [0, 0.05) is 24.3 Å². The predicted molar refractivity (Wildman–Crippen MR) is 155 cm³/mol. The van der Waals surface area contributed by atoms with Crippen LogP contribution in [0.3, 0.4) is 0 Å². The molecular weight excluding hydrogens is 500 g/mol. The number of amides is 1. The number of aryl methyl sites for hydroxylation is 1. The van der Waals surface area contributed by atoms with Gasteiger partial charge in [0.25, 0.3) is 5.56 Å². The minimum atomic E-state index is -0.652. The summed E-state index contributed by atoms with van der Waals surface area (Å²) in [5.74, 6) is 0.0872. The minimum Gasteiger partial charge on any atom is -0.327 e. The highest BCUT2D eigenvalue weighted by Gasteiger charge is 2.54. The Balaban J connectivity index is 1.41. The van der Waals surface area contributed by atoms with Gasteiger partial charge in [-0.25, -0.2) is 5.10 Å². The fourth-order valence-corrected chi connectivity index (χ4v) is 6.05. The SMILES string of the molecule is CC(C)(C)c1ccc(CN(C(=O)C2(c3ccc4c(=O)[nH]nc(CN)c4c3)CC2)C2CCCc3cccnc32)nc1. The summed E-state index contributed by atoms with van der Waals surface area (Å²) < 4.78 is 0. The van der Waals surface area contributed by atoms with Crippen LogP contribution in [0.2, 0.25) is 0 Å². The van der Waals surface area contributed by atoms with E-state index >= 15 is 0 Å². The van der Waals surface area contributed by atoms with E-state index in [1.807, 2.05) is 41.6 Å². The largest absolute Gasteiger partial charge is 0.327 e. The predicted octanol–water partition coefficient (Wildman–Crippen LogP) is 4.61. The Bertz CT molecular complexity index is 1630. The van der Waals surface area contributed by atoms with Crippen LogP contribution < -0.4 is 11.3 Å². The summed E-state index contributed by atoms with van der Waals surface area (Å²) in [6.45, 7) is 7.12. The molecule has 1 amide bonds. The van der Waals surface area contributed by atoms with Gasteiger partial charge in [-0.15, -0.1) is 0 Å². The van der Waals surface area contributed by atoms with Gasteiger partial charge < -0.3 is 10.6 Å². The molecular formula is C32H36N6O2. The maximum absolute atomic E-state index is 14.7. The molecule has 40 heavy (non-hydrogen) atoms. The highest BCUT2D eigenvalue weighted by atomic mass is 16.2. The standard InChI is InChI=1S/C32H36N6O2/c1-31(2,3)22-9-11-23(35-18-22)19-38(27-8-4-6-20-7-5-15-34-28(20)27)30(40)32(13-14-32)21-10-12-24-25(16-21)26(17-33)36-37-29(24)39/h5,7,9-12,15-16,18,27H,4,6,8,13-14,17,19,33H2,1-3H3,(H,37,39). The van der Waals surface area contributed by atoms with Crippen molar-refractivity contribution in [2.45, 2.75) is 82.8 Å². The third kappa shape index (κ3) is 4.60. The molecule has 0 aliphatic heterocycles. The molecule has 3 heterocycles. The van der Waals surface area contributed by atoms with Crippen molar-refractivity contribution in [2.75, 3.05) is 0 Å². The Labute approximate surface area is 234 Å². The topological polar surface area (TPSA) is 118 Å². The van der Waals surface area contributed by atoms with Gasteiger partial charge >= 0.3 is 0 Å². The molecule has 2 aliphatic rings. The molecule has 1 saturated carbocycles. The molecule has 1 unspecified atom stereocenters. The van der Waals surface area contributed by atoms with Crippen LogP contribution >= 0.6 is 0 Å². The van der Waals surface area contributed by atoms with E-state index in [1.165, 1.54) is 5.56 Å². The first kappa shape index (κ1) is 26.3. The van der Waals surface area contributed by atoms with E-state index in [9.17, 15) is 9.59 Å². The van der Waals surface area contributed by atoms with E-state index in [0.717, 1.165) is 54.6 Å². The molecule has 0 saturated heterocycles. The lowest BCUT2D eigenvalue weighted by Gasteiger charge is -2.37. The number of nitrogens with zero attached hydrogens (tertiary/aromatic N) is 4. The molecule has 0 radical (unpaired) electrons. The number of aromatic nitrogens is 4. The van der Waals surface area contributed by atoms with E-state index in [2.05, 4.69) is 43.1 Å². The zero-order valence-electron chi connectivity index (χ0n) is 23.4. The summed E-state index contributed by atoms with van der Waals surface area (Å²) in [5.41, 5.74) is 10.8. The molecule has 3 N–H and O–H groups in total. The van der Waals surface area contributed by atoms with Crippen LogP contribution in [0.25, 0.3) is 10.8 Å². The van der Waals surface area contributed by atoms with Gasteiger partial charge in [-0.05, 0) is 78.5 Å². The molecule has 6 rings (SSSR count). The highest BCUT2D eigenvalue weighted by molar-refractivity contribution is 5.94. The lowest BCUT2D eigenvalue weighted by molar-refractivity contribution is -0.137. The van der Waals surface area contributed by atoms with Gasteiger partial charge in [-0.2, -0.15) is 5.10 Å². The number of nitrogens with one attached hydrogen (secondary N) is 1. The summed E-state index contributed by atoms with van der Waals surface area (Å²) in [6.07, 6.45) is 8.09. The molecule has 0 spiro atoms. The zero-order valence-corrected chi connectivity index (χ0v) is 23.4. The molecule has 4 aromatic rings. The second-order valence-electron chi connectivity index (χ2n) is 12.2. The summed E-state index contributed by atoms with van der Waals surface area (Å²) in [7, 11) is 0. The fraction of sp³-hybridized carbons (Fsp3) is 0.406. The van der Waals surface area contributed by atoms with Crippen molar-refractivity contribution in [1.82, 2.24) is 25.1 Å². The summed E-state index contributed by atoms with van der Waals surface area (Å²) in [4.78, 5) is 38.7. The van der Waals surface area contributed by atoms with Crippen LogP contribution in [0.1, 0.15) is 86.3 Å². The first-order valence-corrected chi connectivity index (χ1v) is 14.1. The normalized spacial score (nSPS) is 17.9. The van der Waals surface area contributed by atoms with E-state index in [1.54, 1.807) is 6.07 Å². The lowest BCUT2D eigenvalue weighted by Crippen LogP contribution is -2.43. The van der Waals surface area contributed by atoms with Gasteiger partial charge in [0.15, 0.2) is 0 Å². The van der Waals surface area contributed by atoms with Crippen molar-refractivity contribution < 1.29 is 4.79 Å². The monoisotopic (exact) mass is 536 g/mol. The van der Waals surface area contributed by atoms with E-state index in [4.69, 9.17) is 15.7 Å². The van der Waals surface area contributed by atoms with Crippen LogP contribution in [0.15, 0.2) is 59.7 Å². The molecule has 8 heteroatoms. The first-order valence-electron chi connectivity index (χ1n) is 14.1. The first-order chi connectivity index (χ1) is 19.2. The molecule has 3 aromatic heterocycles. The van der Waals surface area contributed by atoms with Crippen molar-refractivity contribution in [1.29, 1.82) is 0 Å². The van der Waals surface area contributed by atoms with Crippen LogP contribution in [-0.4, -0.2) is 31.0 Å².